The molecule has 0 spiro atoms. The molecular weight excluding hydrogens is 226 g/mol. The van der Waals surface area contributed by atoms with Crippen LogP contribution < -0.4 is 4.90 Å². The van der Waals surface area contributed by atoms with E-state index in [1.807, 2.05) is 13.0 Å². The van der Waals surface area contributed by atoms with Gasteiger partial charge in [-0.25, -0.2) is 0 Å². The van der Waals surface area contributed by atoms with Crippen LogP contribution in [0.4, 0.5) is 5.69 Å². The Morgan fingerprint density at radius 1 is 1.33 bits per heavy atom. The Hall–Kier alpha value is -2.33. The highest BCUT2D eigenvalue weighted by atomic mass is 16.2. The lowest BCUT2D eigenvalue weighted by Crippen LogP contribution is -2.39. The van der Waals surface area contributed by atoms with Crippen LogP contribution in [0, 0.1) is 28.1 Å². The third-order valence-corrected chi connectivity index (χ3v) is 3.11. The summed E-state index contributed by atoms with van der Waals surface area (Å²) in [4.78, 5) is 13.7. The summed E-state index contributed by atoms with van der Waals surface area (Å²) in [5.41, 5.74) is 0.204. The van der Waals surface area contributed by atoms with Crippen LogP contribution in [0.3, 0.4) is 0 Å². The minimum Gasteiger partial charge on any atom is -0.314 e. The molecule has 0 N–H and O–H groups in total. The normalized spacial score (nSPS) is 12.9. The highest BCUT2D eigenvalue weighted by Gasteiger charge is 2.34. The van der Waals surface area contributed by atoms with Crippen molar-refractivity contribution in [2.24, 2.45) is 5.41 Å². The Bertz CT molecular complexity index is 521. The monoisotopic (exact) mass is 241 g/mol. The van der Waals surface area contributed by atoms with Crippen molar-refractivity contribution >= 4 is 11.6 Å². The zero-order chi connectivity index (χ0) is 13.8. The topological polar surface area (TPSA) is 67.9 Å². The number of carbonyl (C=O) groups is 1. The van der Waals surface area contributed by atoms with E-state index >= 15 is 0 Å². The molecule has 1 amide bonds. The fraction of sp³-hybridized carbons (Fsp3) is 0.357. The molecule has 0 saturated carbocycles. The lowest BCUT2D eigenvalue weighted by molar-refractivity contribution is -0.124. The van der Waals surface area contributed by atoms with Crippen molar-refractivity contribution in [1.82, 2.24) is 0 Å². The summed E-state index contributed by atoms with van der Waals surface area (Å²) in [5, 5.41) is 17.8. The Kier molecular flexibility index (Phi) is 4.07. The van der Waals surface area contributed by atoms with Crippen molar-refractivity contribution in [3.05, 3.63) is 29.8 Å². The van der Waals surface area contributed by atoms with Gasteiger partial charge in [-0.15, -0.1) is 0 Å². The number of carbonyl (C=O) groups excluding carboxylic acids is 1. The lowest BCUT2D eigenvalue weighted by atomic mass is 9.88. The van der Waals surface area contributed by atoms with Gasteiger partial charge < -0.3 is 4.90 Å². The Labute approximate surface area is 107 Å². The third-order valence-electron chi connectivity index (χ3n) is 3.11. The van der Waals surface area contributed by atoms with Crippen LogP contribution in [0.15, 0.2) is 24.3 Å². The maximum Gasteiger partial charge on any atom is 0.246 e. The van der Waals surface area contributed by atoms with Crippen molar-refractivity contribution in [3.63, 3.8) is 0 Å². The van der Waals surface area contributed by atoms with Crippen molar-refractivity contribution in [2.75, 3.05) is 11.9 Å². The van der Waals surface area contributed by atoms with Crippen LogP contribution >= 0.6 is 0 Å². The summed E-state index contributed by atoms with van der Waals surface area (Å²) in [6, 6.07) is 10.8. The van der Waals surface area contributed by atoms with Gasteiger partial charge in [-0.2, -0.15) is 10.5 Å². The van der Waals surface area contributed by atoms with Crippen molar-refractivity contribution < 1.29 is 4.79 Å². The molecule has 1 aromatic carbocycles. The van der Waals surface area contributed by atoms with E-state index in [4.69, 9.17) is 10.5 Å². The van der Waals surface area contributed by atoms with Crippen LogP contribution in [0.5, 0.6) is 0 Å². The zero-order valence-electron chi connectivity index (χ0n) is 10.8. The molecule has 1 rings (SSSR count). The van der Waals surface area contributed by atoms with Gasteiger partial charge in [-0.3, -0.25) is 4.79 Å². The van der Waals surface area contributed by atoms with E-state index in [-0.39, 0.29) is 5.91 Å². The molecule has 1 unspecified atom stereocenters. The second-order valence-corrected chi connectivity index (χ2v) is 4.32. The molecule has 0 aliphatic heterocycles. The van der Waals surface area contributed by atoms with E-state index in [2.05, 4.69) is 6.07 Å². The molecule has 0 aromatic heterocycles. The van der Waals surface area contributed by atoms with Gasteiger partial charge in [0.25, 0.3) is 0 Å². The van der Waals surface area contributed by atoms with Crippen molar-refractivity contribution in [1.29, 1.82) is 10.5 Å². The second-order valence-electron chi connectivity index (χ2n) is 4.32. The lowest BCUT2D eigenvalue weighted by Gasteiger charge is -2.26. The van der Waals surface area contributed by atoms with Gasteiger partial charge in [0.05, 0.1) is 17.7 Å². The van der Waals surface area contributed by atoms with Crippen molar-refractivity contribution in [2.45, 2.75) is 20.3 Å². The van der Waals surface area contributed by atoms with Gasteiger partial charge in [-0.1, -0.05) is 6.92 Å². The molecule has 0 radical (unpaired) electrons. The Balaban J connectivity index is 3.01. The van der Waals surface area contributed by atoms with Gasteiger partial charge in [0.1, 0.15) is 5.41 Å². The average Bonchev–Trinajstić information content (AvgIpc) is 2.44. The van der Waals surface area contributed by atoms with Crippen LogP contribution in [-0.4, -0.2) is 13.0 Å². The van der Waals surface area contributed by atoms with E-state index < -0.39 is 5.41 Å². The minimum atomic E-state index is -1.01. The average molecular weight is 241 g/mol. The van der Waals surface area contributed by atoms with Gasteiger partial charge in [0, 0.05) is 12.7 Å². The fourth-order valence-corrected chi connectivity index (χ4v) is 1.53. The summed E-state index contributed by atoms with van der Waals surface area (Å²) < 4.78 is 0. The van der Waals surface area contributed by atoms with Crippen LogP contribution in [-0.2, 0) is 4.79 Å². The number of hydrogen-bond acceptors (Lipinski definition) is 3. The maximum absolute atomic E-state index is 12.2. The Morgan fingerprint density at radius 2 is 1.89 bits per heavy atom. The number of amides is 1. The van der Waals surface area contributed by atoms with E-state index in [9.17, 15) is 4.79 Å². The number of nitrogens with zero attached hydrogens (tertiary/aromatic N) is 3. The fourth-order valence-electron chi connectivity index (χ4n) is 1.53. The number of hydrogen-bond donors (Lipinski definition) is 0. The first-order valence-electron chi connectivity index (χ1n) is 5.68. The molecule has 1 atom stereocenters. The van der Waals surface area contributed by atoms with E-state index in [1.165, 1.54) is 4.90 Å². The van der Waals surface area contributed by atoms with Crippen molar-refractivity contribution in [3.8, 4) is 12.1 Å². The zero-order valence-corrected chi connectivity index (χ0v) is 10.8. The molecule has 0 saturated heterocycles. The second kappa shape index (κ2) is 5.33. The van der Waals surface area contributed by atoms with E-state index in [0.29, 0.717) is 17.7 Å². The summed E-state index contributed by atoms with van der Waals surface area (Å²) in [7, 11) is 1.63. The molecule has 4 nitrogen and oxygen atoms in total. The number of nitriles is 2. The molecule has 0 heterocycles. The number of anilines is 1. The number of rotatable bonds is 3. The predicted molar refractivity (Wildman–Crippen MR) is 68.6 cm³/mol. The first-order valence-corrected chi connectivity index (χ1v) is 5.68. The highest BCUT2D eigenvalue weighted by molar-refractivity contribution is 5.98. The van der Waals surface area contributed by atoms with Gasteiger partial charge in [0.2, 0.25) is 5.91 Å². The van der Waals surface area contributed by atoms with Gasteiger partial charge >= 0.3 is 0 Å². The highest BCUT2D eigenvalue weighted by Crippen LogP contribution is 2.25. The van der Waals surface area contributed by atoms with E-state index in [1.54, 1.807) is 38.2 Å². The van der Waals surface area contributed by atoms with Crippen LogP contribution in [0.1, 0.15) is 25.8 Å². The van der Waals surface area contributed by atoms with Gasteiger partial charge in [-0.05, 0) is 37.6 Å². The molecule has 92 valence electrons. The molecule has 0 aliphatic rings. The standard InChI is InChI=1S/C14H15N3O/c1-4-14(2,10-16)13(18)17(3)12-7-5-11(9-15)6-8-12/h5-8H,4H2,1-3H3. The molecule has 4 heteroatoms. The minimum absolute atomic E-state index is 0.239. The predicted octanol–water partition coefficient (Wildman–Crippen LogP) is 2.46. The molecule has 0 bridgehead atoms. The molecule has 1 aromatic rings. The smallest absolute Gasteiger partial charge is 0.246 e. The SMILES string of the molecule is CCC(C)(C#N)C(=O)N(C)c1ccc(C#N)cc1. The largest absolute Gasteiger partial charge is 0.314 e. The number of benzene rings is 1. The molecule has 0 fully saturated rings. The summed E-state index contributed by atoms with van der Waals surface area (Å²) in [6.45, 7) is 3.45. The molecular formula is C14H15N3O. The van der Waals surface area contributed by atoms with Crippen LogP contribution in [0.2, 0.25) is 0 Å². The summed E-state index contributed by atoms with van der Waals surface area (Å²) in [6.07, 6.45) is 0.461. The van der Waals surface area contributed by atoms with E-state index in [0.717, 1.165) is 0 Å². The molecule has 18 heavy (non-hydrogen) atoms. The maximum atomic E-state index is 12.2. The van der Waals surface area contributed by atoms with Gasteiger partial charge in [0.15, 0.2) is 0 Å². The Morgan fingerprint density at radius 3 is 2.28 bits per heavy atom. The molecule has 0 aliphatic carbocycles. The third kappa shape index (κ3) is 2.49. The first-order chi connectivity index (χ1) is 8.48. The van der Waals surface area contributed by atoms with Crippen LogP contribution in [0.25, 0.3) is 0 Å². The summed E-state index contributed by atoms with van der Waals surface area (Å²) >= 11 is 0. The quantitative estimate of drug-likeness (QED) is 0.816. The summed E-state index contributed by atoms with van der Waals surface area (Å²) in [5.74, 6) is -0.239. The first kappa shape index (κ1) is 13.7.